The molecule has 2 aromatic rings. The van der Waals surface area contributed by atoms with Gasteiger partial charge in [-0.15, -0.1) is 0 Å². The van der Waals surface area contributed by atoms with Gasteiger partial charge in [-0.05, 0) is 12.1 Å². The Morgan fingerprint density at radius 2 is 2.13 bits per heavy atom. The van der Waals surface area contributed by atoms with E-state index in [1.807, 2.05) is 0 Å². The molecule has 0 aromatic carbocycles. The van der Waals surface area contributed by atoms with E-state index in [9.17, 15) is 9.59 Å². The minimum Gasteiger partial charge on any atom is -0.476 e. The van der Waals surface area contributed by atoms with Gasteiger partial charge in [0.05, 0.1) is 0 Å². The number of pyridine rings is 1. The molecule has 3 N–H and O–H groups in total. The number of fused-ring (bicyclic) bond motifs is 1. The normalized spacial score (nSPS) is 10.4. The molecule has 0 aliphatic rings. The molecule has 2 aromatic heterocycles. The maximum atomic E-state index is 11.0. The standard InChI is InChI=1S/C9H7N3O3/c10-8(13)6-7(9(14)15)12-4-2-1-3-5(12)11-6/h1-4H,(H2,10,13)(H,14,15). The number of primary amides is 1. The van der Waals surface area contributed by atoms with E-state index in [4.69, 9.17) is 10.8 Å². The highest BCUT2D eigenvalue weighted by Crippen LogP contribution is 2.11. The number of carboxylic acids is 1. The van der Waals surface area contributed by atoms with Crippen molar-refractivity contribution >= 4 is 17.5 Å². The first-order valence-corrected chi connectivity index (χ1v) is 4.11. The second kappa shape index (κ2) is 3.09. The van der Waals surface area contributed by atoms with Crippen molar-refractivity contribution in [1.29, 1.82) is 0 Å². The van der Waals surface area contributed by atoms with Crippen LogP contribution < -0.4 is 5.73 Å². The average molecular weight is 205 g/mol. The van der Waals surface area contributed by atoms with Crippen molar-refractivity contribution in [3.8, 4) is 0 Å². The van der Waals surface area contributed by atoms with Crippen LogP contribution in [0.25, 0.3) is 5.65 Å². The summed E-state index contributed by atoms with van der Waals surface area (Å²) in [6, 6.07) is 4.93. The molecule has 0 saturated carbocycles. The monoisotopic (exact) mass is 205 g/mol. The number of nitrogens with zero attached hydrogens (tertiary/aromatic N) is 2. The molecule has 76 valence electrons. The van der Waals surface area contributed by atoms with Crippen molar-refractivity contribution in [2.45, 2.75) is 0 Å². The lowest BCUT2D eigenvalue weighted by molar-refractivity contribution is 0.0684. The van der Waals surface area contributed by atoms with Gasteiger partial charge in [-0.2, -0.15) is 0 Å². The number of rotatable bonds is 2. The molecule has 0 fully saturated rings. The minimum atomic E-state index is -1.23. The third-order valence-corrected chi connectivity index (χ3v) is 1.97. The Morgan fingerprint density at radius 1 is 1.40 bits per heavy atom. The lowest BCUT2D eigenvalue weighted by atomic mass is 10.3. The van der Waals surface area contributed by atoms with Crippen LogP contribution in [0.5, 0.6) is 0 Å². The molecule has 0 spiro atoms. The highest BCUT2D eigenvalue weighted by molar-refractivity contribution is 6.02. The number of amides is 1. The van der Waals surface area contributed by atoms with Gasteiger partial charge in [0.25, 0.3) is 5.91 Å². The summed E-state index contributed by atoms with van der Waals surface area (Å²) < 4.78 is 1.31. The van der Waals surface area contributed by atoms with Gasteiger partial charge in [0, 0.05) is 6.20 Å². The largest absolute Gasteiger partial charge is 0.476 e. The van der Waals surface area contributed by atoms with Gasteiger partial charge < -0.3 is 10.8 Å². The number of carboxylic acid groups (broad SMARTS) is 1. The Kier molecular flexibility index (Phi) is 1.89. The Balaban J connectivity index is 2.86. The number of carbonyl (C=O) groups excluding carboxylic acids is 1. The molecule has 0 saturated heterocycles. The van der Waals surface area contributed by atoms with Crippen molar-refractivity contribution in [2.24, 2.45) is 5.73 Å². The van der Waals surface area contributed by atoms with E-state index >= 15 is 0 Å². The van der Waals surface area contributed by atoms with Crippen molar-refractivity contribution in [2.75, 3.05) is 0 Å². The zero-order valence-corrected chi connectivity index (χ0v) is 7.54. The maximum Gasteiger partial charge on any atom is 0.355 e. The van der Waals surface area contributed by atoms with Crippen LogP contribution in [0.15, 0.2) is 24.4 Å². The number of imidazole rings is 1. The second-order valence-electron chi connectivity index (χ2n) is 2.91. The quantitative estimate of drug-likeness (QED) is 0.728. The highest BCUT2D eigenvalue weighted by Gasteiger charge is 2.21. The summed E-state index contributed by atoms with van der Waals surface area (Å²) >= 11 is 0. The fourth-order valence-electron chi connectivity index (χ4n) is 1.37. The summed E-state index contributed by atoms with van der Waals surface area (Å²) in [4.78, 5) is 25.8. The summed E-state index contributed by atoms with van der Waals surface area (Å²) in [7, 11) is 0. The number of hydrogen-bond donors (Lipinski definition) is 2. The molecule has 0 radical (unpaired) electrons. The van der Waals surface area contributed by atoms with Gasteiger partial charge in [0.1, 0.15) is 5.65 Å². The first-order chi connectivity index (χ1) is 7.11. The van der Waals surface area contributed by atoms with Gasteiger partial charge in [0.15, 0.2) is 11.4 Å². The van der Waals surface area contributed by atoms with Crippen LogP contribution in [-0.2, 0) is 0 Å². The van der Waals surface area contributed by atoms with E-state index in [0.717, 1.165) is 0 Å². The molecular weight excluding hydrogens is 198 g/mol. The molecule has 2 heterocycles. The second-order valence-corrected chi connectivity index (χ2v) is 2.91. The van der Waals surface area contributed by atoms with Crippen molar-refractivity contribution < 1.29 is 14.7 Å². The number of nitrogens with two attached hydrogens (primary N) is 1. The van der Waals surface area contributed by atoms with Crippen LogP contribution in [0.4, 0.5) is 0 Å². The van der Waals surface area contributed by atoms with Gasteiger partial charge >= 0.3 is 5.97 Å². The first-order valence-electron chi connectivity index (χ1n) is 4.11. The fourth-order valence-corrected chi connectivity index (χ4v) is 1.37. The van der Waals surface area contributed by atoms with Crippen LogP contribution in [-0.4, -0.2) is 26.4 Å². The molecule has 6 nitrogen and oxygen atoms in total. The van der Waals surface area contributed by atoms with Crippen LogP contribution in [0.3, 0.4) is 0 Å². The van der Waals surface area contributed by atoms with Crippen molar-refractivity contribution in [1.82, 2.24) is 9.38 Å². The summed E-state index contributed by atoms with van der Waals surface area (Å²) in [6.07, 6.45) is 1.51. The maximum absolute atomic E-state index is 11.0. The highest BCUT2D eigenvalue weighted by atomic mass is 16.4. The van der Waals surface area contributed by atoms with E-state index in [-0.39, 0.29) is 11.4 Å². The Hall–Kier alpha value is -2.37. The number of carbonyl (C=O) groups is 2. The summed E-state index contributed by atoms with van der Waals surface area (Å²) in [5, 5.41) is 8.93. The summed E-state index contributed by atoms with van der Waals surface area (Å²) in [6.45, 7) is 0. The molecule has 0 aliphatic carbocycles. The van der Waals surface area contributed by atoms with Gasteiger partial charge in [-0.1, -0.05) is 6.07 Å². The van der Waals surface area contributed by atoms with Crippen LogP contribution in [0.1, 0.15) is 21.0 Å². The summed E-state index contributed by atoms with van der Waals surface area (Å²) in [5.41, 5.74) is 4.98. The fraction of sp³-hybridized carbons (Fsp3) is 0. The Morgan fingerprint density at radius 3 is 2.73 bits per heavy atom. The zero-order chi connectivity index (χ0) is 11.0. The Bertz CT molecular complexity index is 559. The zero-order valence-electron chi connectivity index (χ0n) is 7.54. The van der Waals surface area contributed by atoms with Crippen LogP contribution in [0.2, 0.25) is 0 Å². The summed E-state index contributed by atoms with van der Waals surface area (Å²) in [5.74, 6) is -2.08. The molecule has 6 heteroatoms. The SMILES string of the molecule is NC(=O)c1nc2ccccn2c1C(=O)O. The molecule has 1 amide bonds. The molecular formula is C9H7N3O3. The van der Waals surface area contributed by atoms with Gasteiger partial charge in [-0.3, -0.25) is 9.20 Å². The predicted octanol–water partition coefficient (Wildman–Crippen LogP) is 0.131. The lowest BCUT2D eigenvalue weighted by Gasteiger charge is -1.95. The van der Waals surface area contributed by atoms with Gasteiger partial charge in [0.2, 0.25) is 0 Å². The smallest absolute Gasteiger partial charge is 0.355 e. The minimum absolute atomic E-state index is 0.210. The Labute approximate surface area is 84.0 Å². The molecule has 2 rings (SSSR count). The van der Waals surface area contributed by atoms with E-state index in [0.29, 0.717) is 5.65 Å². The van der Waals surface area contributed by atoms with E-state index in [2.05, 4.69) is 4.98 Å². The predicted molar refractivity (Wildman–Crippen MR) is 50.7 cm³/mol. The first kappa shape index (κ1) is 9.20. The topological polar surface area (TPSA) is 97.7 Å². The van der Waals surface area contributed by atoms with E-state index in [1.54, 1.807) is 18.2 Å². The van der Waals surface area contributed by atoms with E-state index < -0.39 is 11.9 Å². The number of hydrogen-bond acceptors (Lipinski definition) is 3. The van der Waals surface area contributed by atoms with Crippen molar-refractivity contribution in [3.05, 3.63) is 35.8 Å². The third kappa shape index (κ3) is 1.32. The van der Waals surface area contributed by atoms with E-state index in [1.165, 1.54) is 10.6 Å². The van der Waals surface area contributed by atoms with Crippen LogP contribution >= 0.6 is 0 Å². The number of aromatic carboxylic acids is 1. The molecule has 0 bridgehead atoms. The van der Waals surface area contributed by atoms with Gasteiger partial charge in [-0.25, -0.2) is 9.78 Å². The van der Waals surface area contributed by atoms with Crippen LogP contribution in [0, 0.1) is 0 Å². The van der Waals surface area contributed by atoms with Crippen molar-refractivity contribution in [3.63, 3.8) is 0 Å². The molecule has 0 atom stereocenters. The molecule has 15 heavy (non-hydrogen) atoms. The third-order valence-electron chi connectivity index (χ3n) is 1.97. The average Bonchev–Trinajstić information content (AvgIpc) is 2.56. The molecule has 0 unspecified atom stereocenters. The lowest BCUT2D eigenvalue weighted by Crippen LogP contribution is -2.16. The number of aromatic nitrogens is 2. The molecule has 0 aliphatic heterocycles.